The fraction of sp³-hybridized carbons (Fsp3) is 0.333. The lowest BCUT2D eigenvalue weighted by Gasteiger charge is -2.13. The predicted molar refractivity (Wildman–Crippen MR) is 104 cm³/mol. The van der Waals surface area contributed by atoms with E-state index in [0.29, 0.717) is 17.1 Å². The van der Waals surface area contributed by atoms with Gasteiger partial charge in [-0.1, -0.05) is 44.2 Å². The van der Waals surface area contributed by atoms with Gasteiger partial charge in [0.25, 0.3) is 0 Å². The van der Waals surface area contributed by atoms with Crippen LogP contribution in [-0.2, 0) is 9.53 Å². The summed E-state index contributed by atoms with van der Waals surface area (Å²) in [5.74, 6) is 0.175. The molecule has 0 heterocycles. The molecule has 1 aliphatic carbocycles. The van der Waals surface area contributed by atoms with Gasteiger partial charge in [-0.15, -0.1) is 23.2 Å². The van der Waals surface area contributed by atoms with Gasteiger partial charge < -0.3 is 9.47 Å². The standard InChI is InChI=1S/C21H19Cl2NO3/c1-21(2)17(19(22)23)18(21)20(25)27-16(12-24)13-7-6-10-15(11-13)26-14-8-4-3-5-9-14/h3-11,16-19H,1-2H3. The van der Waals surface area contributed by atoms with Gasteiger partial charge in [0.15, 0.2) is 0 Å². The van der Waals surface area contributed by atoms with Gasteiger partial charge in [-0.25, -0.2) is 0 Å². The van der Waals surface area contributed by atoms with Crippen LogP contribution in [-0.4, -0.2) is 10.8 Å². The molecule has 27 heavy (non-hydrogen) atoms. The fourth-order valence-electron chi connectivity index (χ4n) is 3.32. The molecule has 2 aromatic carbocycles. The van der Waals surface area contributed by atoms with Gasteiger partial charge >= 0.3 is 5.97 Å². The van der Waals surface area contributed by atoms with Crippen LogP contribution in [0.4, 0.5) is 0 Å². The van der Waals surface area contributed by atoms with Crippen molar-refractivity contribution < 1.29 is 14.3 Å². The second kappa shape index (κ2) is 7.80. The first-order chi connectivity index (χ1) is 12.8. The lowest BCUT2D eigenvalue weighted by Crippen LogP contribution is -2.15. The summed E-state index contributed by atoms with van der Waals surface area (Å²) in [4.78, 5) is 11.9. The summed E-state index contributed by atoms with van der Waals surface area (Å²) in [6, 6.07) is 18.3. The minimum atomic E-state index is -1.03. The predicted octanol–water partition coefficient (Wildman–Crippen LogP) is 5.66. The van der Waals surface area contributed by atoms with E-state index in [-0.39, 0.29) is 11.3 Å². The van der Waals surface area contributed by atoms with E-state index in [9.17, 15) is 10.1 Å². The van der Waals surface area contributed by atoms with Gasteiger partial charge in [0, 0.05) is 11.5 Å². The molecule has 3 rings (SSSR count). The number of hydrogen-bond donors (Lipinski definition) is 0. The average Bonchev–Trinajstić information content (AvgIpc) is 3.23. The Morgan fingerprint density at radius 3 is 2.37 bits per heavy atom. The van der Waals surface area contributed by atoms with Crippen molar-refractivity contribution in [2.24, 2.45) is 17.3 Å². The second-order valence-electron chi connectivity index (χ2n) is 7.09. The Balaban J connectivity index is 1.72. The molecule has 140 valence electrons. The quantitative estimate of drug-likeness (QED) is 0.460. The number of ether oxygens (including phenoxy) is 2. The first-order valence-electron chi connectivity index (χ1n) is 8.55. The minimum Gasteiger partial charge on any atom is -0.457 e. The highest BCUT2D eigenvalue weighted by Crippen LogP contribution is 2.62. The number of benzene rings is 2. The molecule has 0 N–H and O–H groups in total. The van der Waals surface area contributed by atoms with Crippen LogP contribution < -0.4 is 4.74 Å². The number of nitriles is 1. The number of rotatable bonds is 6. The molecule has 0 aromatic heterocycles. The van der Waals surface area contributed by atoms with Crippen LogP contribution in [0.5, 0.6) is 11.5 Å². The topological polar surface area (TPSA) is 59.3 Å². The van der Waals surface area contributed by atoms with Gasteiger partial charge in [0.2, 0.25) is 6.10 Å². The second-order valence-corrected chi connectivity index (χ2v) is 8.26. The molecule has 3 atom stereocenters. The highest BCUT2D eigenvalue weighted by molar-refractivity contribution is 6.44. The summed E-state index contributed by atoms with van der Waals surface area (Å²) in [5.41, 5.74) is 0.200. The first kappa shape index (κ1) is 19.5. The van der Waals surface area contributed by atoms with Gasteiger partial charge in [0.1, 0.15) is 22.4 Å². The van der Waals surface area contributed by atoms with Crippen molar-refractivity contribution in [1.29, 1.82) is 5.26 Å². The first-order valence-corrected chi connectivity index (χ1v) is 9.43. The lowest BCUT2D eigenvalue weighted by atomic mass is 10.1. The van der Waals surface area contributed by atoms with Crippen molar-refractivity contribution in [2.75, 3.05) is 0 Å². The van der Waals surface area contributed by atoms with E-state index in [2.05, 4.69) is 0 Å². The third-order valence-corrected chi connectivity index (χ3v) is 5.47. The summed E-state index contributed by atoms with van der Waals surface area (Å²) < 4.78 is 11.2. The Morgan fingerprint density at radius 2 is 1.78 bits per heavy atom. The number of carbonyl (C=O) groups is 1. The number of para-hydroxylation sites is 1. The molecule has 1 saturated carbocycles. The zero-order chi connectivity index (χ0) is 19.6. The lowest BCUT2D eigenvalue weighted by molar-refractivity contribution is -0.149. The molecule has 4 nitrogen and oxygen atoms in total. The van der Waals surface area contributed by atoms with Crippen LogP contribution in [0.1, 0.15) is 25.5 Å². The van der Waals surface area contributed by atoms with E-state index < -0.39 is 22.8 Å². The number of halogens is 2. The number of carbonyl (C=O) groups excluding carboxylic acids is 1. The smallest absolute Gasteiger partial charge is 0.311 e. The summed E-state index contributed by atoms with van der Waals surface area (Å²) in [5, 5.41) is 9.50. The van der Waals surface area contributed by atoms with Crippen LogP contribution in [0.2, 0.25) is 0 Å². The number of hydrogen-bond acceptors (Lipinski definition) is 4. The molecule has 0 saturated heterocycles. The SMILES string of the molecule is CC1(C)C(C(=O)OC(C#N)c2cccc(Oc3ccccc3)c2)C1C(Cl)Cl. The maximum absolute atomic E-state index is 12.5. The van der Waals surface area contributed by atoms with Gasteiger partial charge in [-0.2, -0.15) is 5.26 Å². The normalized spacial score (nSPS) is 21.2. The maximum atomic E-state index is 12.5. The van der Waals surface area contributed by atoms with Crippen molar-refractivity contribution in [3.63, 3.8) is 0 Å². The van der Waals surface area contributed by atoms with Crippen molar-refractivity contribution >= 4 is 29.2 Å². The Hall–Kier alpha value is -2.22. The van der Waals surface area contributed by atoms with Crippen LogP contribution in [0.15, 0.2) is 54.6 Å². The number of alkyl halides is 2. The zero-order valence-corrected chi connectivity index (χ0v) is 16.4. The largest absolute Gasteiger partial charge is 0.457 e. The monoisotopic (exact) mass is 403 g/mol. The molecule has 1 aliphatic rings. The molecule has 0 radical (unpaired) electrons. The van der Waals surface area contributed by atoms with E-state index in [0.717, 1.165) is 0 Å². The van der Waals surface area contributed by atoms with E-state index in [4.69, 9.17) is 32.7 Å². The summed E-state index contributed by atoms with van der Waals surface area (Å²) in [6.45, 7) is 3.83. The summed E-state index contributed by atoms with van der Waals surface area (Å²) in [6.07, 6.45) is -1.03. The highest BCUT2D eigenvalue weighted by Gasteiger charge is 2.65. The molecule has 0 spiro atoms. The summed E-state index contributed by atoms with van der Waals surface area (Å²) >= 11 is 11.9. The molecule has 0 aliphatic heterocycles. The molecule has 0 amide bonds. The molecular formula is C21H19Cl2NO3. The highest BCUT2D eigenvalue weighted by atomic mass is 35.5. The van der Waals surface area contributed by atoms with Crippen LogP contribution >= 0.6 is 23.2 Å². The maximum Gasteiger partial charge on any atom is 0.311 e. The molecule has 3 unspecified atom stereocenters. The van der Waals surface area contributed by atoms with E-state index in [1.165, 1.54) is 0 Å². The third-order valence-electron chi connectivity index (χ3n) is 4.93. The Kier molecular flexibility index (Phi) is 5.64. The molecular weight excluding hydrogens is 385 g/mol. The van der Waals surface area contributed by atoms with Gasteiger partial charge in [0.05, 0.1) is 5.92 Å². The van der Waals surface area contributed by atoms with Crippen LogP contribution in [0.3, 0.4) is 0 Å². The summed E-state index contributed by atoms with van der Waals surface area (Å²) in [7, 11) is 0. The fourth-order valence-corrected chi connectivity index (χ4v) is 4.26. The van der Waals surface area contributed by atoms with Crippen molar-refractivity contribution in [3.05, 3.63) is 60.2 Å². The molecule has 6 heteroatoms. The number of esters is 1. The minimum absolute atomic E-state index is 0.180. The van der Waals surface area contributed by atoms with Crippen LogP contribution in [0, 0.1) is 28.6 Å². The Bertz CT molecular complexity index is 861. The van der Waals surface area contributed by atoms with Crippen molar-refractivity contribution in [1.82, 2.24) is 0 Å². The molecule has 1 fully saturated rings. The number of nitrogens with zero attached hydrogens (tertiary/aromatic N) is 1. The van der Waals surface area contributed by atoms with Crippen molar-refractivity contribution in [2.45, 2.75) is 24.8 Å². The third kappa shape index (κ3) is 4.21. The van der Waals surface area contributed by atoms with Crippen LogP contribution in [0.25, 0.3) is 0 Å². The van der Waals surface area contributed by atoms with Gasteiger partial charge in [-0.3, -0.25) is 4.79 Å². The van der Waals surface area contributed by atoms with Gasteiger partial charge in [-0.05, 0) is 29.7 Å². The van der Waals surface area contributed by atoms with E-state index in [1.54, 1.807) is 24.3 Å². The Morgan fingerprint density at radius 1 is 1.11 bits per heavy atom. The molecule has 0 bridgehead atoms. The average molecular weight is 404 g/mol. The van der Waals surface area contributed by atoms with E-state index >= 15 is 0 Å². The van der Waals surface area contributed by atoms with Crippen molar-refractivity contribution in [3.8, 4) is 17.6 Å². The zero-order valence-electron chi connectivity index (χ0n) is 14.9. The molecule has 2 aromatic rings. The van der Waals surface area contributed by atoms with E-state index in [1.807, 2.05) is 50.2 Å². The Labute approximate surface area is 168 Å².